The number of carboxylic acid groups (broad SMARTS) is 1. The largest absolute Gasteiger partial charge is 0.481 e. The molecule has 202 valence electrons. The number of carbonyl (C=O) groups is 3. The van der Waals surface area contributed by atoms with Gasteiger partial charge in [-0.25, -0.2) is 4.90 Å². The lowest BCUT2D eigenvalue weighted by atomic mass is 9.34. The molecule has 2 bridgehead atoms. The summed E-state index contributed by atoms with van der Waals surface area (Å²) in [5, 5.41) is 21.7. The van der Waals surface area contributed by atoms with Crippen LogP contribution in [0.15, 0.2) is 35.9 Å². The predicted octanol–water partition coefficient (Wildman–Crippen LogP) is 5.61. The first kappa shape index (κ1) is 25.3. The van der Waals surface area contributed by atoms with Gasteiger partial charge in [0.15, 0.2) is 0 Å². The van der Waals surface area contributed by atoms with Gasteiger partial charge in [0.05, 0.1) is 27.9 Å². The van der Waals surface area contributed by atoms with Crippen LogP contribution in [-0.4, -0.2) is 27.8 Å². The zero-order valence-corrected chi connectivity index (χ0v) is 22.5. The minimum Gasteiger partial charge on any atom is -0.481 e. The van der Waals surface area contributed by atoms with Gasteiger partial charge >= 0.3 is 5.97 Å². The molecule has 8 heteroatoms. The number of allylic oxidation sites excluding steroid dienone is 2. The number of carboxylic acids is 1. The fourth-order valence-electron chi connectivity index (χ4n) is 9.96. The van der Waals surface area contributed by atoms with Gasteiger partial charge in [-0.15, -0.1) is 0 Å². The zero-order valence-electron chi connectivity index (χ0n) is 22.5. The molecule has 1 saturated heterocycles. The first-order valence-corrected chi connectivity index (χ1v) is 13.9. The van der Waals surface area contributed by atoms with Crippen molar-refractivity contribution in [1.29, 1.82) is 0 Å². The molecule has 2 amide bonds. The SMILES string of the molecule is CC(C)C1=C[C@@]23CC[C@H]4[C@](C)(CCC[C@@]4(C)C(=O)O)[C@@H]2C[C@H]1[C@@H]1C(=O)N(c2cccc([N+](=O)[O-])c2)C(=O)[C@@H]13. The van der Waals surface area contributed by atoms with Crippen LogP contribution in [0.2, 0.25) is 0 Å². The molecule has 1 N–H and O–H groups in total. The van der Waals surface area contributed by atoms with Crippen molar-refractivity contribution in [1.82, 2.24) is 0 Å². The number of hydrogen-bond donors (Lipinski definition) is 1. The average molecular weight is 521 g/mol. The Kier molecular flexibility index (Phi) is 5.31. The van der Waals surface area contributed by atoms with Crippen molar-refractivity contribution in [3.8, 4) is 0 Å². The molecule has 6 aliphatic rings. The number of hydrogen-bond acceptors (Lipinski definition) is 5. The van der Waals surface area contributed by atoms with Crippen LogP contribution >= 0.6 is 0 Å². The summed E-state index contributed by atoms with van der Waals surface area (Å²) >= 11 is 0. The molecule has 1 spiro atoms. The molecule has 1 aliphatic heterocycles. The number of anilines is 1. The van der Waals surface area contributed by atoms with Crippen molar-refractivity contribution in [2.45, 2.75) is 66.2 Å². The molecule has 8 atom stereocenters. The molecule has 1 aromatic carbocycles. The third-order valence-electron chi connectivity index (χ3n) is 11.5. The van der Waals surface area contributed by atoms with Crippen LogP contribution in [0.25, 0.3) is 0 Å². The molecule has 5 aliphatic carbocycles. The van der Waals surface area contributed by atoms with Crippen LogP contribution in [0.5, 0.6) is 0 Å². The number of benzene rings is 1. The van der Waals surface area contributed by atoms with Crippen molar-refractivity contribution in [3.05, 3.63) is 46.0 Å². The second-order valence-corrected chi connectivity index (χ2v) is 13.3. The summed E-state index contributed by atoms with van der Waals surface area (Å²) < 4.78 is 0. The van der Waals surface area contributed by atoms with E-state index in [0.717, 1.165) is 19.3 Å². The smallest absolute Gasteiger partial charge is 0.309 e. The fraction of sp³-hybridized carbons (Fsp3) is 0.633. The minimum atomic E-state index is -0.792. The van der Waals surface area contributed by atoms with E-state index in [1.807, 2.05) is 6.92 Å². The maximum absolute atomic E-state index is 14.3. The fourth-order valence-corrected chi connectivity index (χ4v) is 9.96. The summed E-state index contributed by atoms with van der Waals surface area (Å²) in [4.78, 5) is 53.0. The topological polar surface area (TPSA) is 118 Å². The Labute approximate surface area is 222 Å². The Bertz CT molecular complexity index is 1300. The van der Waals surface area contributed by atoms with Gasteiger partial charge in [-0.1, -0.05) is 44.9 Å². The van der Waals surface area contributed by atoms with E-state index in [1.165, 1.54) is 28.7 Å². The molecule has 4 fully saturated rings. The number of imide groups is 1. The minimum absolute atomic E-state index is 0.0191. The first-order chi connectivity index (χ1) is 17.9. The normalized spacial score (nSPS) is 41.4. The molecule has 0 aromatic heterocycles. The molecule has 0 radical (unpaired) electrons. The number of rotatable bonds is 4. The molecular formula is C30H36N2O6. The zero-order chi connectivity index (χ0) is 27.4. The van der Waals surface area contributed by atoms with Crippen LogP contribution in [0.4, 0.5) is 11.4 Å². The molecule has 1 aromatic rings. The van der Waals surface area contributed by atoms with Crippen LogP contribution in [0, 0.1) is 61.9 Å². The Hall–Kier alpha value is -3.03. The van der Waals surface area contributed by atoms with Crippen molar-refractivity contribution < 1.29 is 24.4 Å². The first-order valence-electron chi connectivity index (χ1n) is 13.9. The van der Waals surface area contributed by atoms with Crippen molar-refractivity contribution in [3.63, 3.8) is 0 Å². The number of fused-ring (bicyclic) bond motifs is 1. The summed E-state index contributed by atoms with van der Waals surface area (Å²) in [6.45, 7) is 8.44. The maximum atomic E-state index is 14.3. The number of carbonyl (C=O) groups excluding carboxylic acids is 2. The average Bonchev–Trinajstić information content (AvgIpc) is 3.15. The molecular weight excluding hydrogens is 484 g/mol. The van der Waals surface area contributed by atoms with E-state index in [9.17, 15) is 29.6 Å². The Morgan fingerprint density at radius 1 is 1.13 bits per heavy atom. The van der Waals surface area contributed by atoms with Crippen LogP contribution in [0.1, 0.15) is 66.2 Å². The molecule has 0 unspecified atom stereocenters. The number of aliphatic carboxylic acids is 1. The van der Waals surface area contributed by atoms with E-state index in [2.05, 4.69) is 26.8 Å². The van der Waals surface area contributed by atoms with Crippen LogP contribution < -0.4 is 4.90 Å². The highest BCUT2D eigenvalue weighted by molar-refractivity contribution is 6.23. The molecule has 8 nitrogen and oxygen atoms in total. The van der Waals surface area contributed by atoms with Gasteiger partial charge in [-0.3, -0.25) is 24.5 Å². The van der Waals surface area contributed by atoms with Crippen molar-refractivity contribution in [2.75, 3.05) is 4.90 Å². The number of nitrogens with zero attached hydrogens (tertiary/aromatic N) is 2. The summed E-state index contributed by atoms with van der Waals surface area (Å²) in [5.41, 5.74) is -0.195. The molecule has 1 heterocycles. The van der Waals surface area contributed by atoms with E-state index in [0.29, 0.717) is 19.3 Å². The number of amides is 2. The van der Waals surface area contributed by atoms with Crippen molar-refractivity contribution >= 4 is 29.2 Å². The van der Waals surface area contributed by atoms with E-state index in [1.54, 1.807) is 6.07 Å². The quantitative estimate of drug-likeness (QED) is 0.239. The monoisotopic (exact) mass is 520 g/mol. The van der Waals surface area contributed by atoms with Gasteiger partial charge in [-0.05, 0) is 74.2 Å². The van der Waals surface area contributed by atoms with Gasteiger partial charge in [0, 0.05) is 17.5 Å². The van der Waals surface area contributed by atoms with E-state index >= 15 is 0 Å². The summed E-state index contributed by atoms with van der Waals surface area (Å²) in [5.74, 6) is -1.95. The highest BCUT2D eigenvalue weighted by Gasteiger charge is 2.73. The highest BCUT2D eigenvalue weighted by Crippen LogP contribution is 2.74. The van der Waals surface area contributed by atoms with Gasteiger partial charge in [0.1, 0.15) is 0 Å². The van der Waals surface area contributed by atoms with E-state index in [4.69, 9.17) is 0 Å². The van der Waals surface area contributed by atoms with E-state index in [-0.39, 0.29) is 52.3 Å². The van der Waals surface area contributed by atoms with Gasteiger partial charge in [0.2, 0.25) is 11.8 Å². The Morgan fingerprint density at radius 2 is 1.87 bits per heavy atom. The second kappa shape index (κ2) is 7.99. The predicted molar refractivity (Wildman–Crippen MR) is 140 cm³/mol. The number of nitro benzene ring substituents is 1. The lowest BCUT2D eigenvalue weighted by molar-refractivity contribution is -0.384. The molecule has 38 heavy (non-hydrogen) atoms. The Balaban J connectivity index is 1.48. The summed E-state index contributed by atoms with van der Waals surface area (Å²) in [6.07, 6.45) is 6.97. The summed E-state index contributed by atoms with van der Waals surface area (Å²) in [7, 11) is 0. The lowest BCUT2D eigenvalue weighted by Crippen LogP contribution is -2.65. The second-order valence-electron chi connectivity index (χ2n) is 13.3. The molecule has 7 rings (SSSR count). The highest BCUT2D eigenvalue weighted by atomic mass is 16.6. The number of nitro groups is 1. The Morgan fingerprint density at radius 3 is 2.53 bits per heavy atom. The standard InChI is InChI=1S/C30H36N2O6/c1-16(2)20-15-30-12-9-21-28(3,10-6-11-29(21,4)27(35)36)22(30)14-19(20)23-24(30)26(34)31(25(23)33)17-7-5-8-18(13-17)32(37)38/h5,7-8,13,15-16,19,21-24H,6,9-12,14H2,1-4H3,(H,35,36)/t19-,21+,22+,23+,24-,28+,29-,30+/m1/s1. The van der Waals surface area contributed by atoms with Gasteiger partial charge < -0.3 is 5.11 Å². The van der Waals surface area contributed by atoms with Gasteiger partial charge in [0.25, 0.3) is 5.69 Å². The van der Waals surface area contributed by atoms with Crippen LogP contribution in [0.3, 0.4) is 0 Å². The number of non-ortho nitro benzene ring substituents is 1. The van der Waals surface area contributed by atoms with Gasteiger partial charge in [-0.2, -0.15) is 0 Å². The maximum Gasteiger partial charge on any atom is 0.309 e. The van der Waals surface area contributed by atoms with E-state index < -0.39 is 33.6 Å². The summed E-state index contributed by atoms with van der Waals surface area (Å²) in [6, 6.07) is 5.80. The molecule has 3 saturated carbocycles. The third-order valence-corrected chi connectivity index (χ3v) is 11.5. The lowest BCUT2D eigenvalue weighted by Gasteiger charge is -2.68. The van der Waals surface area contributed by atoms with Crippen molar-refractivity contribution in [2.24, 2.45) is 51.8 Å². The third kappa shape index (κ3) is 3.00. The van der Waals surface area contributed by atoms with Crippen LogP contribution in [-0.2, 0) is 14.4 Å².